The molecule has 2 N–H and O–H groups in total. The number of hydrogen-bond donors (Lipinski definition) is 2. The van der Waals surface area contributed by atoms with E-state index in [2.05, 4.69) is 10.6 Å². The number of carbonyl (C=O) groups excluding carboxylic acids is 2. The van der Waals surface area contributed by atoms with Crippen molar-refractivity contribution in [3.05, 3.63) is 83.9 Å². The first-order valence-electron chi connectivity index (χ1n) is 11.3. The van der Waals surface area contributed by atoms with E-state index in [-0.39, 0.29) is 18.4 Å². The molecule has 3 aromatic rings. The number of rotatable bonds is 11. The van der Waals surface area contributed by atoms with Crippen LogP contribution in [0.5, 0.6) is 11.5 Å². The zero-order valence-corrected chi connectivity index (χ0v) is 19.8. The Kier molecular flexibility index (Phi) is 9.05. The molecule has 0 aliphatic carbocycles. The van der Waals surface area contributed by atoms with E-state index in [1.807, 2.05) is 68.3 Å². The molecular formula is C27H31N3O4. The third kappa shape index (κ3) is 7.35. The van der Waals surface area contributed by atoms with Crippen molar-refractivity contribution in [2.24, 2.45) is 0 Å². The minimum absolute atomic E-state index is 0.132. The second kappa shape index (κ2) is 12.4. The number of hydrogen-bond acceptors (Lipinski definition) is 5. The zero-order chi connectivity index (χ0) is 24.3. The van der Waals surface area contributed by atoms with Crippen LogP contribution in [0.15, 0.2) is 72.8 Å². The molecule has 0 unspecified atom stereocenters. The summed E-state index contributed by atoms with van der Waals surface area (Å²) in [4.78, 5) is 26.8. The van der Waals surface area contributed by atoms with Gasteiger partial charge in [-0.15, -0.1) is 0 Å². The third-order valence-corrected chi connectivity index (χ3v) is 4.94. The number of nitrogens with one attached hydrogen (secondary N) is 2. The van der Waals surface area contributed by atoms with Crippen LogP contribution in [0.3, 0.4) is 0 Å². The predicted molar refractivity (Wildman–Crippen MR) is 135 cm³/mol. The van der Waals surface area contributed by atoms with Gasteiger partial charge in [0.1, 0.15) is 0 Å². The highest BCUT2D eigenvalue weighted by Gasteiger charge is 2.12. The molecule has 0 heterocycles. The Morgan fingerprint density at radius 1 is 0.794 bits per heavy atom. The van der Waals surface area contributed by atoms with Gasteiger partial charge < -0.3 is 20.1 Å². The monoisotopic (exact) mass is 461 g/mol. The topological polar surface area (TPSA) is 79.9 Å². The lowest BCUT2D eigenvalue weighted by Crippen LogP contribution is -2.29. The van der Waals surface area contributed by atoms with Gasteiger partial charge in [-0.1, -0.05) is 30.3 Å². The van der Waals surface area contributed by atoms with E-state index in [0.29, 0.717) is 42.5 Å². The Morgan fingerprint density at radius 2 is 1.47 bits per heavy atom. The van der Waals surface area contributed by atoms with Crippen LogP contribution in [-0.2, 0) is 11.3 Å². The Hall–Kier alpha value is -3.84. The van der Waals surface area contributed by atoms with Crippen LogP contribution in [0, 0.1) is 0 Å². The number of likely N-dealkylation sites (N-methyl/N-ethyl adjacent to an activating group) is 1. The van der Waals surface area contributed by atoms with E-state index >= 15 is 0 Å². The summed E-state index contributed by atoms with van der Waals surface area (Å²) >= 11 is 0. The maximum absolute atomic E-state index is 12.5. The standard InChI is InChI=1S/C27H31N3O4/c1-4-33-24-16-15-23(17-25(24)34-5-2)28-26(31)19-30(3)18-20-11-13-21(14-12-20)27(32)29-22-9-7-6-8-10-22/h6-17H,4-5,18-19H2,1-3H3,(H,28,31)(H,29,32). The lowest BCUT2D eigenvalue weighted by molar-refractivity contribution is -0.117. The maximum atomic E-state index is 12.5. The fraction of sp³-hybridized carbons (Fsp3) is 0.259. The first-order chi connectivity index (χ1) is 16.5. The third-order valence-electron chi connectivity index (χ3n) is 4.94. The normalized spacial score (nSPS) is 10.6. The van der Waals surface area contributed by atoms with E-state index in [1.165, 1.54) is 0 Å². The van der Waals surface area contributed by atoms with Crippen molar-refractivity contribution in [3.63, 3.8) is 0 Å². The minimum atomic E-state index is -0.160. The molecule has 178 valence electrons. The first kappa shape index (κ1) is 24.8. The number of carbonyl (C=O) groups is 2. The number of benzene rings is 3. The summed E-state index contributed by atoms with van der Waals surface area (Å²) in [6.07, 6.45) is 0. The molecule has 7 nitrogen and oxygen atoms in total. The smallest absolute Gasteiger partial charge is 0.255 e. The second-order valence-corrected chi connectivity index (χ2v) is 7.77. The molecule has 0 saturated carbocycles. The van der Waals surface area contributed by atoms with E-state index in [0.717, 1.165) is 11.3 Å². The average molecular weight is 462 g/mol. The Labute approximate surface area is 200 Å². The summed E-state index contributed by atoms with van der Waals surface area (Å²) in [6, 6.07) is 22.1. The van der Waals surface area contributed by atoms with Crippen molar-refractivity contribution in [2.75, 3.05) is 37.4 Å². The average Bonchev–Trinajstić information content (AvgIpc) is 2.82. The Morgan fingerprint density at radius 3 is 2.15 bits per heavy atom. The lowest BCUT2D eigenvalue weighted by Gasteiger charge is -2.17. The molecule has 3 aromatic carbocycles. The van der Waals surface area contributed by atoms with Crippen molar-refractivity contribution >= 4 is 23.2 Å². The van der Waals surface area contributed by atoms with Crippen LogP contribution in [0.2, 0.25) is 0 Å². The van der Waals surface area contributed by atoms with Gasteiger partial charge in [-0.25, -0.2) is 0 Å². The van der Waals surface area contributed by atoms with Crippen molar-refractivity contribution in [1.82, 2.24) is 4.90 Å². The molecular weight excluding hydrogens is 430 g/mol. The summed E-state index contributed by atoms with van der Waals surface area (Å²) in [7, 11) is 1.87. The van der Waals surface area contributed by atoms with Gasteiger partial charge in [-0.2, -0.15) is 0 Å². The summed E-state index contributed by atoms with van der Waals surface area (Å²) in [6.45, 7) is 5.64. The Balaban J connectivity index is 1.52. The van der Waals surface area contributed by atoms with E-state index in [4.69, 9.17) is 9.47 Å². The molecule has 0 fully saturated rings. The highest BCUT2D eigenvalue weighted by Crippen LogP contribution is 2.30. The molecule has 0 bridgehead atoms. The van der Waals surface area contributed by atoms with Gasteiger partial charge in [0, 0.05) is 29.5 Å². The van der Waals surface area contributed by atoms with Crippen LogP contribution >= 0.6 is 0 Å². The zero-order valence-electron chi connectivity index (χ0n) is 19.8. The number of anilines is 2. The molecule has 0 radical (unpaired) electrons. The largest absolute Gasteiger partial charge is 0.490 e. The summed E-state index contributed by atoms with van der Waals surface area (Å²) in [5, 5.41) is 5.78. The van der Waals surface area contributed by atoms with Gasteiger partial charge in [0.2, 0.25) is 5.91 Å². The van der Waals surface area contributed by atoms with Gasteiger partial charge in [-0.3, -0.25) is 14.5 Å². The summed E-state index contributed by atoms with van der Waals surface area (Å²) in [5.41, 5.74) is 2.99. The van der Waals surface area contributed by atoms with Gasteiger partial charge in [0.05, 0.1) is 19.8 Å². The predicted octanol–water partition coefficient (Wildman–Crippen LogP) is 4.81. The fourth-order valence-electron chi connectivity index (χ4n) is 3.43. The second-order valence-electron chi connectivity index (χ2n) is 7.77. The number of para-hydroxylation sites is 1. The molecule has 0 saturated heterocycles. The molecule has 3 rings (SSSR count). The Bertz CT molecular complexity index is 1080. The molecule has 2 amide bonds. The number of nitrogens with zero attached hydrogens (tertiary/aromatic N) is 1. The molecule has 0 aliphatic heterocycles. The molecule has 0 aromatic heterocycles. The van der Waals surface area contributed by atoms with E-state index < -0.39 is 0 Å². The van der Waals surface area contributed by atoms with Crippen molar-refractivity contribution in [1.29, 1.82) is 0 Å². The van der Waals surface area contributed by atoms with E-state index in [1.54, 1.807) is 30.3 Å². The molecule has 7 heteroatoms. The van der Waals surface area contributed by atoms with Crippen LogP contribution in [0.25, 0.3) is 0 Å². The van der Waals surface area contributed by atoms with Gasteiger partial charge in [0.15, 0.2) is 11.5 Å². The fourth-order valence-corrected chi connectivity index (χ4v) is 3.43. The van der Waals surface area contributed by atoms with E-state index in [9.17, 15) is 9.59 Å². The molecule has 0 aliphatic rings. The number of amides is 2. The van der Waals surface area contributed by atoms with Crippen LogP contribution in [0.1, 0.15) is 29.8 Å². The van der Waals surface area contributed by atoms with Crippen molar-refractivity contribution in [2.45, 2.75) is 20.4 Å². The quantitative estimate of drug-likeness (QED) is 0.429. The highest BCUT2D eigenvalue weighted by molar-refractivity contribution is 6.04. The molecule has 34 heavy (non-hydrogen) atoms. The van der Waals surface area contributed by atoms with Gasteiger partial charge in [-0.05, 0) is 62.9 Å². The van der Waals surface area contributed by atoms with Crippen LogP contribution in [-0.4, -0.2) is 43.5 Å². The highest BCUT2D eigenvalue weighted by atomic mass is 16.5. The lowest BCUT2D eigenvalue weighted by atomic mass is 10.1. The molecule has 0 atom stereocenters. The van der Waals surface area contributed by atoms with Gasteiger partial charge in [0.25, 0.3) is 5.91 Å². The molecule has 0 spiro atoms. The van der Waals surface area contributed by atoms with Crippen molar-refractivity contribution in [3.8, 4) is 11.5 Å². The minimum Gasteiger partial charge on any atom is -0.490 e. The first-order valence-corrected chi connectivity index (χ1v) is 11.3. The number of ether oxygens (including phenoxy) is 2. The maximum Gasteiger partial charge on any atom is 0.255 e. The van der Waals surface area contributed by atoms with Crippen molar-refractivity contribution < 1.29 is 19.1 Å². The van der Waals surface area contributed by atoms with Gasteiger partial charge >= 0.3 is 0 Å². The van der Waals surface area contributed by atoms with Crippen LogP contribution < -0.4 is 20.1 Å². The summed E-state index contributed by atoms with van der Waals surface area (Å²) < 4.78 is 11.2. The summed E-state index contributed by atoms with van der Waals surface area (Å²) in [5.74, 6) is 0.965. The SMILES string of the molecule is CCOc1ccc(NC(=O)CN(C)Cc2ccc(C(=O)Nc3ccccc3)cc2)cc1OCC. The van der Waals surface area contributed by atoms with Crippen LogP contribution in [0.4, 0.5) is 11.4 Å².